The molecule has 1 N–H and O–H groups in total. The van der Waals surface area contributed by atoms with E-state index in [0.29, 0.717) is 24.2 Å². The summed E-state index contributed by atoms with van der Waals surface area (Å²) in [7, 11) is 0. The van der Waals surface area contributed by atoms with Gasteiger partial charge in [0.25, 0.3) is 0 Å². The summed E-state index contributed by atoms with van der Waals surface area (Å²) in [4.78, 5) is 12.8. The van der Waals surface area contributed by atoms with Gasteiger partial charge in [0, 0.05) is 18.0 Å². The molecule has 1 saturated heterocycles. The molecule has 0 aliphatic carbocycles. The monoisotopic (exact) mass is 297 g/mol. The van der Waals surface area contributed by atoms with Gasteiger partial charge in [-0.15, -0.1) is 0 Å². The van der Waals surface area contributed by atoms with E-state index in [1.807, 2.05) is 6.92 Å². The second-order valence-corrected chi connectivity index (χ2v) is 5.88. The fourth-order valence-corrected chi connectivity index (χ4v) is 2.97. The van der Waals surface area contributed by atoms with Crippen molar-refractivity contribution in [1.29, 1.82) is 0 Å². The Morgan fingerprint density at radius 3 is 2.52 bits per heavy atom. The van der Waals surface area contributed by atoms with Gasteiger partial charge in [-0.05, 0) is 63.4 Å². The van der Waals surface area contributed by atoms with E-state index in [4.69, 9.17) is 5.11 Å². The number of rotatable bonds is 4. The molecule has 1 aliphatic heterocycles. The first kappa shape index (κ1) is 15.9. The van der Waals surface area contributed by atoms with Crippen LogP contribution in [-0.2, 0) is 4.79 Å². The van der Waals surface area contributed by atoms with Crippen LogP contribution in [0.3, 0.4) is 0 Å². The normalized spacial score (nSPS) is 18.7. The molecule has 1 aliphatic rings. The summed E-state index contributed by atoms with van der Waals surface area (Å²) in [6.07, 6.45) is 1.76. The lowest BCUT2D eigenvalue weighted by Gasteiger charge is -2.36. The number of likely N-dealkylation sites (tertiary alicyclic amines) is 1. The number of hydrogen-bond donors (Lipinski definition) is 1. The molecular weight excluding hydrogens is 276 g/mol. The molecule has 1 aromatic rings. The molecule has 0 bridgehead atoms. The summed E-state index contributed by atoms with van der Waals surface area (Å²) in [5, 5.41) is 8.81. The average Bonchev–Trinajstić information content (AvgIpc) is 2.42. The first-order chi connectivity index (χ1) is 9.88. The lowest BCUT2D eigenvalue weighted by Crippen LogP contribution is -2.36. The lowest BCUT2D eigenvalue weighted by molar-refractivity contribution is -0.138. The maximum absolute atomic E-state index is 14.0. The van der Waals surface area contributed by atoms with Crippen LogP contribution in [0.1, 0.15) is 43.4 Å². The van der Waals surface area contributed by atoms with E-state index >= 15 is 0 Å². The zero-order valence-electron chi connectivity index (χ0n) is 12.4. The van der Waals surface area contributed by atoms with E-state index in [1.54, 1.807) is 6.92 Å². The molecule has 1 heterocycles. The molecule has 1 fully saturated rings. The molecule has 3 nitrogen and oxygen atoms in total. The SMILES string of the molecule is Cc1cc(F)c(C(C)N2CCC(CC(=O)O)CC2)cc1F. The first-order valence-electron chi connectivity index (χ1n) is 7.30. The molecule has 5 heteroatoms. The van der Waals surface area contributed by atoms with Gasteiger partial charge in [-0.2, -0.15) is 0 Å². The highest BCUT2D eigenvalue weighted by Crippen LogP contribution is 2.30. The fourth-order valence-electron chi connectivity index (χ4n) is 2.97. The third-order valence-corrected chi connectivity index (χ3v) is 4.39. The highest BCUT2D eigenvalue weighted by molar-refractivity contribution is 5.67. The van der Waals surface area contributed by atoms with Crippen LogP contribution in [0, 0.1) is 24.5 Å². The highest BCUT2D eigenvalue weighted by Gasteiger charge is 2.26. The van der Waals surface area contributed by atoms with Crippen molar-refractivity contribution >= 4 is 5.97 Å². The Balaban J connectivity index is 2.03. The summed E-state index contributed by atoms with van der Waals surface area (Å²) in [5.41, 5.74) is 0.679. The standard InChI is InChI=1S/C16H21F2NO2/c1-10-7-15(18)13(9-14(10)17)11(2)19-5-3-12(4-6-19)8-16(20)21/h7,9,11-12H,3-6,8H2,1-2H3,(H,20,21). The Labute approximate surface area is 123 Å². The molecule has 0 aromatic heterocycles. The average molecular weight is 297 g/mol. The molecule has 1 atom stereocenters. The number of benzene rings is 1. The Hall–Kier alpha value is -1.49. The van der Waals surface area contributed by atoms with Gasteiger partial charge < -0.3 is 5.11 Å². The summed E-state index contributed by atoms with van der Waals surface area (Å²) in [6.45, 7) is 4.84. The smallest absolute Gasteiger partial charge is 0.303 e. The van der Waals surface area contributed by atoms with Crippen molar-refractivity contribution in [3.63, 3.8) is 0 Å². The molecule has 1 unspecified atom stereocenters. The molecule has 1 aromatic carbocycles. The van der Waals surface area contributed by atoms with Gasteiger partial charge in [-0.1, -0.05) is 0 Å². The fraction of sp³-hybridized carbons (Fsp3) is 0.562. The van der Waals surface area contributed by atoms with Crippen molar-refractivity contribution in [3.8, 4) is 0 Å². The second-order valence-electron chi connectivity index (χ2n) is 5.88. The number of nitrogens with zero attached hydrogens (tertiary/aromatic N) is 1. The molecular formula is C16H21F2NO2. The number of halogens is 2. The van der Waals surface area contributed by atoms with Crippen molar-refractivity contribution < 1.29 is 18.7 Å². The molecule has 21 heavy (non-hydrogen) atoms. The van der Waals surface area contributed by atoms with Crippen LogP contribution < -0.4 is 0 Å². The molecule has 0 amide bonds. The topological polar surface area (TPSA) is 40.5 Å². The first-order valence-corrected chi connectivity index (χ1v) is 7.30. The third-order valence-electron chi connectivity index (χ3n) is 4.39. The van der Waals surface area contributed by atoms with E-state index < -0.39 is 5.97 Å². The van der Waals surface area contributed by atoms with E-state index in [-0.39, 0.29) is 30.0 Å². The van der Waals surface area contributed by atoms with E-state index in [1.165, 1.54) is 12.1 Å². The van der Waals surface area contributed by atoms with Crippen molar-refractivity contribution in [2.75, 3.05) is 13.1 Å². The van der Waals surface area contributed by atoms with Gasteiger partial charge in [0.15, 0.2) is 0 Å². The van der Waals surface area contributed by atoms with Gasteiger partial charge in [-0.25, -0.2) is 8.78 Å². The van der Waals surface area contributed by atoms with Crippen LogP contribution in [0.25, 0.3) is 0 Å². The maximum atomic E-state index is 14.0. The Morgan fingerprint density at radius 2 is 1.95 bits per heavy atom. The van der Waals surface area contributed by atoms with Gasteiger partial charge in [0.1, 0.15) is 11.6 Å². The zero-order chi connectivity index (χ0) is 15.6. The number of hydrogen-bond acceptors (Lipinski definition) is 2. The quantitative estimate of drug-likeness (QED) is 0.924. The van der Waals surface area contributed by atoms with E-state index in [2.05, 4.69) is 4.90 Å². The number of piperidine rings is 1. The molecule has 2 rings (SSSR count). The Morgan fingerprint density at radius 1 is 1.33 bits per heavy atom. The Kier molecular flexibility index (Phi) is 4.93. The van der Waals surface area contributed by atoms with Gasteiger partial charge in [0.05, 0.1) is 0 Å². The molecule has 0 radical (unpaired) electrons. The highest BCUT2D eigenvalue weighted by atomic mass is 19.1. The van der Waals surface area contributed by atoms with Crippen LogP contribution in [0.5, 0.6) is 0 Å². The van der Waals surface area contributed by atoms with E-state index in [9.17, 15) is 13.6 Å². The van der Waals surface area contributed by atoms with Crippen LogP contribution in [-0.4, -0.2) is 29.1 Å². The second kappa shape index (κ2) is 6.52. The van der Waals surface area contributed by atoms with Crippen LogP contribution in [0.15, 0.2) is 12.1 Å². The summed E-state index contributed by atoms with van der Waals surface area (Å²) in [6, 6.07) is 2.31. The number of aliphatic carboxylic acids is 1. The summed E-state index contributed by atoms with van der Waals surface area (Å²) < 4.78 is 27.7. The molecule has 0 spiro atoms. The maximum Gasteiger partial charge on any atom is 0.303 e. The largest absolute Gasteiger partial charge is 0.481 e. The van der Waals surface area contributed by atoms with Gasteiger partial charge >= 0.3 is 5.97 Å². The number of carboxylic acid groups (broad SMARTS) is 1. The minimum absolute atomic E-state index is 0.186. The number of carbonyl (C=O) groups is 1. The third kappa shape index (κ3) is 3.79. The minimum Gasteiger partial charge on any atom is -0.481 e. The summed E-state index contributed by atoms with van der Waals surface area (Å²) in [5.74, 6) is -1.35. The Bertz CT molecular complexity index is 525. The van der Waals surface area contributed by atoms with Crippen molar-refractivity contribution in [1.82, 2.24) is 4.90 Å². The number of aryl methyl sites for hydroxylation is 1. The van der Waals surface area contributed by atoms with Gasteiger partial charge in [-0.3, -0.25) is 9.69 Å². The van der Waals surface area contributed by atoms with Crippen LogP contribution >= 0.6 is 0 Å². The van der Waals surface area contributed by atoms with E-state index in [0.717, 1.165) is 12.8 Å². The minimum atomic E-state index is -0.770. The van der Waals surface area contributed by atoms with Crippen molar-refractivity contribution in [2.45, 2.75) is 39.2 Å². The van der Waals surface area contributed by atoms with Crippen LogP contribution in [0.2, 0.25) is 0 Å². The van der Waals surface area contributed by atoms with Crippen molar-refractivity contribution in [3.05, 3.63) is 34.9 Å². The van der Waals surface area contributed by atoms with Crippen molar-refractivity contribution in [2.24, 2.45) is 5.92 Å². The lowest BCUT2D eigenvalue weighted by atomic mass is 9.92. The predicted octanol–water partition coefficient (Wildman–Crippen LogP) is 3.52. The molecule has 0 saturated carbocycles. The predicted molar refractivity (Wildman–Crippen MR) is 76.1 cm³/mol. The number of carboxylic acids is 1. The summed E-state index contributed by atoms with van der Waals surface area (Å²) >= 11 is 0. The van der Waals surface area contributed by atoms with Crippen LogP contribution in [0.4, 0.5) is 8.78 Å². The van der Waals surface area contributed by atoms with Gasteiger partial charge in [0.2, 0.25) is 0 Å². The molecule has 116 valence electrons. The zero-order valence-corrected chi connectivity index (χ0v) is 12.4.